The van der Waals surface area contributed by atoms with Gasteiger partial charge in [-0.1, -0.05) is 37.3 Å². The number of benzene rings is 1. The summed E-state index contributed by atoms with van der Waals surface area (Å²) in [6.07, 6.45) is 2.67. The third kappa shape index (κ3) is 5.45. The van der Waals surface area contributed by atoms with Crippen LogP contribution in [-0.2, 0) is 6.54 Å². The van der Waals surface area contributed by atoms with Crippen molar-refractivity contribution in [1.82, 2.24) is 20.0 Å². The highest BCUT2D eigenvalue weighted by molar-refractivity contribution is 5.80. The average Bonchev–Trinajstić information content (AvgIpc) is 2.70. The van der Waals surface area contributed by atoms with Gasteiger partial charge in [-0.2, -0.15) is 0 Å². The molecular formula is C21H35N5. The number of nitrogens with zero attached hydrogens (tertiary/aromatic N) is 4. The molecule has 1 N–H and O–H groups in total. The van der Waals surface area contributed by atoms with E-state index in [4.69, 9.17) is 0 Å². The maximum absolute atomic E-state index is 4.54. The maximum atomic E-state index is 4.54. The molecule has 2 fully saturated rings. The Kier molecular flexibility index (Phi) is 7.32. The van der Waals surface area contributed by atoms with E-state index < -0.39 is 0 Å². The van der Waals surface area contributed by atoms with Crippen LogP contribution >= 0.6 is 0 Å². The molecule has 2 aliphatic rings. The third-order valence-electron chi connectivity index (χ3n) is 5.73. The van der Waals surface area contributed by atoms with Crippen molar-refractivity contribution in [2.24, 2.45) is 10.9 Å². The molecule has 0 amide bonds. The number of guanidine groups is 1. The highest BCUT2D eigenvalue weighted by Gasteiger charge is 2.22. The van der Waals surface area contributed by atoms with Crippen molar-refractivity contribution in [3.05, 3.63) is 35.9 Å². The van der Waals surface area contributed by atoms with E-state index in [1.807, 2.05) is 7.05 Å². The Hall–Kier alpha value is -1.59. The summed E-state index contributed by atoms with van der Waals surface area (Å²) in [4.78, 5) is 12.1. The number of aliphatic imine (C=N–C) groups is 1. The minimum atomic E-state index is 0.750. The fourth-order valence-corrected chi connectivity index (χ4v) is 4.13. The van der Waals surface area contributed by atoms with Crippen LogP contribution in [0, 0.1) is 5.92 Å². The third-order valence-corrected chi connectivity index (χ3v) is 5.73. The molecule has 26 heavy (non-hydrogen) atoms. The minimum Gasteiger partial charge on any atom is -0.356 e. The van der Waals surface area contributed by atoms with Gasteiger partial charge in [0.2, 0.25) is 0 Å². The van der Waals surface area contributed by atoms with Gasteiger partial charge in [0.15, 0.2) is 5.96 Å². The molecule has 5 heteroatoms. The van der Waals surface area contributed by atoms with Crippen LogP contribution in [0.5, 0.6) is 0 Å². The van der Waals surface area contributed by atoms with Crippen LogP contribution in [0.15, 0.2) is 35.3 Å². The van der Waals surface area contributed by atoms with Crippen LogP contribution in [-0.4, -0.2) is 80.1 Å². The molecule has 1 aromatic rings. The number of hydrogen-bond donors (Lipinski definition) is 1. The van der Waals surface area contributed by atoms with E-state index in [-0.39, 0.29) is 0 Å². The molecule has 0 aromatic heterocycles. The molecule has 2 heterocycles. The quantitative estimate of drug-likeness (QED) is 0.646. The van der Waals surface area contributed by atoms with Gasteiger partial charge >= 0.3 is 0 Å². The lowest BCUT2D eigenvalue weighted by Gasteiger charge is -2.37. The maximum Gasteiger partial charge on any atom is 0.193 e. The standard InChI is InChI=1S/C21H35N5/c1-3-24-11-7-10-20(18-24)16-23-21(22-2)26-14-12-25(13-15-26)17-19-8-5-4-6-9-19/h4-6,8-9,20H,3,7,10-18H2,1-2H3,(H,22,23). The molecule has 0 radical (unpaired) electrons. The van der Waals surface area contributed by atoms with Gasteiger partial charge < -0.3 is 15.1 Å². The highest BCUT2D eigenvalue weighted by atomic mass is 15.3. The lowest BCUT2D eigenvalue weighted by molar-refractivity contribution is 0.167. The second kappa shape index (κ2) is 9.93. The topological polar surface area (TPSA) is 34.1 Å². The van der Waals surface area contributed by atoms with Gasteiger partial charge in [-0.3, -0.25) is 9.89 Å². The molecule has 3 rings (SSSR count). The fraction of sp³-hybridized carbons (Fsp3) is 0.667. The van der Waals surface area contributed by atoms with Gasteiger partial charge in [0.05, 0.1) is 0 Å². The second-order valence-electron chi connectivity index (χ2n) is 7.58. The smallest absolute Gasteiger partial charge is 0.193 e. The summed E-state index contributed by atoms with van der Waals surface area (Å²) in [5, 5.41) is 3.65. The molecule has 0 saturated carbocycles. The Labute approximate surface area is 159 Å². The van der Waals surface area contributed by atoms with E-state index in [1.54, 1.807) is 0 Å². The van der Waals surface area contributed by atoms with E-state index in [0.29, 0.717) is 0 Å². The summed E-state index contributed by atoms with van der Waals surface area (Å²) < 4.78 is 0. The largest absolute Gasteiger partial charge is 0.356 e. The summed E-state index contributed by atoms with van der Waals surface area (Å²) in [5.74, 6) is 1.83. The molecule has 0 bridgehead atoms. The Morgan fingerprint density at radius 1 is 1.08 bits per heavy atom. The van der Waals surface area contributed by atoms with Gasteiger partial charge in [0.1, 0.15) is 0 Å². The second-order valence-corrected chi connectivity index (χ2v) is 7.58. The van der Waals surface area contributed by atoms with Gasteiger partial charge in [0, 0.05) is 52.9 Å². The molecule has 144 valence electrons. The summed E-state index contributed by atoms with van der Waals surface area (Å²) in [6.45, 7) is 12.3. The zero-order valence-electron chi connectivity index (χ0n) is 16.5. The number of hydrogen-bond acceptors (Lipinski definition) is 3. The summed E-state index contributed by atoms with van der Waals surface area (Å²) in [7, 11) is 1.91. The predicted molar refractivity (Wildman–Crippen MR) is 109 cm³/mol. The average molecular weight is 358 g/mol. The van der Waals surface area contributed by atoms with Crippen LogP contribution < -0.4 is 5.32 Å². The first-order valence-corrected chi connectivity index (χ1v) is 10.2. The van der Waals surface area contributed by atoms with Crippen molar-refractivity contribution in [2.75, 3.05) is 59.4 Å². The molecule has 2 saturated heterocycles. The van der Waals surface area contributed by atoms with Gasteiger partial charge in [-0.05, 0) is 37.4 Å². The van der Waals surface area contributed by atoms with Gasteiger partial charge in [-0.25, -0.2) is 0 Å². The Balaban J connectivity index is 1.42. The zero-order valence-corrected chi connectivity index (χ0v) is 16.5. The number of piperidine rings is 1. The highest BCUT2D eigenvalue weighted by Crippen LogP contribution is 2.15. The lowest BCUT2D eigenvalue weighted by Crippen LogP contribution is -2.53. The van der Waals surface area contributed by atoms with Crippen molar-refractivity contribution >= 4 is 5.96 Å². The molecule has 1 aromatic carbocycles. The summed E-state index contributed by atoms with van der Waals surface area (Å²) in [6, 6.07) is 10.8. The van der Waals surface area contributed by atoms with E-state index in [9.17, 15) is 0 Å². The summed E-state index contributed by atoms with van der Waals surface area (Å²) >= 11 is 0. The number of nitrogens with one attached hydrogen (secondary N) is 1. The van der Waals surface area contributed by atoms with E-state index >= 15 is 0 Å². The van der Waals surface area contributed by atoms with E-state index in [1.165, 1.54) is 38.0 Å². The van der Waals surface area contributed by atoms with Crippen LogP contribution in [0.25, 0.3) is 0 Å². The first-order chi connectivity index (χ1) is 12.8. The van der Waals surface area contributed by atoms with Crippen LogP contribution in [0.3, 0.4) is 0 Å². The number of rotatable bonds is 5. The van der Waals surface area contributed by atoms with Gasteiger partial charge in [0.25, 0.3) is 0 Å². The van der Waals surface area contributed by atoms with Crippen molar-refractivity contribution in [1.29, 1.82) is 0 Å². The van der Waals surface area contributed by atoms with Crippen molar-refractivity contribution in [3.63, 3.8) is 0 Å². The van der Waals surface area contributed by atoms with Crippen LogP contribution in [0.1, 0.15) is 25.3 Å². The first-order valence-electron chi connectivity index (χ1n) is 10.2. The zero-order chi connectivity index (χ0) is 18.2. The Morgan fingerprint density at radius 3 is 2.54 bits per heavy atom. The fourth-order valence-electron chi connectivity index (χ4n) is 4.13. The van der Waals surface area contributed by atoms with Crippen molar-refractivity contribution in [2.45, 2.75) is 26.3 Å². The SMILES string of the molecule is CCN1CCCC(CNC(=NC)N2CCN(Cc3ccccc3)CC2)C1. The molecular weight excluding hydrogens is 322 g/mol. The molecule has 0 spiro atoms. The minimum absolute atomic E-state index is 0.750. The molecule has 2 aliphatic heterocycles. The summed E-state index contributed by atoms with van der Waals surface area (Å²) in [5.41, 5.74) is 1.40. The van der Waals surface area contributed by atoms with E-state index in [0.717, 1.165) is 51.1 Å². The molecule has 0 aliphatic carbocycles. The number of likely N-dealkylation sites (tertiary alicyclic amines) is 1. The normalized spacial score (nSPS) is 23.2. The molecule has 1 atom stereocenters. The monoisotopic (exact) mass is 357 g/mol. The first kappa shape index (κ1) is 19.2. The van der Waals surface area contributed by atoms with Crippen LogP contribution in [0.2, 0.25) is 0 Å². The Morgan fingerprint density at radius 2 is 1.85 bits per heavy atom. The number of piperazine rings is 1. The van der Waals surface area contributed by atoms with Gasteiger partial charge in [-0.15, -0.1) is 0 Å². The Bertz CT molecular complexity index is 551. The van der Waals surface area contributed by atoms with Crippen LogP contribution in [0.4, 0.5) is 0 Å². The van der Waals surface area contributed by atoms with Crippen molar-refractivity contribution < 1.29 is 0 Å². The molecule has 1 unspecified atom stereocenters. The van der Waals surface area contributed by atoms with E-state index in [2.05, 4.69) is 62.3 Å². The lowest BCUT2D eigenvalue weighted by atomic mass is 9.98. The predicted octanol–water partition coefficient (Wildman–Crippen LogP) is 2.11. The van der Waals surface area contributed by atoms with Crippen molar-refractivity contribution in [3.8, 4) is 0 Å². The molecule has 5 nitrogen and oxygen atoms in total.